The lowest BCUT2D eigenvalue weighted by Gasteiger charge is -2.34. The maximum atomic E-state index is 13.1. The van der Waals surface area contributed by atoms with E-state index in [0.717, 1.165) is 43.1 Å². The van der Waals surface area contributed by atoms with Crippen molar-refractivity contribution >= 4 is 17.3 Å². The zero-order valence-electron chi connectivity index (χ0n) is 13.1. The number of nitrogens with one attached hydrogen (secondary N) is 2. The highest BCUT2D eigenvalue weighted by atomic mass is 35.5. The van der Waals surface area contributed by atoms with Gasteiger partial charge in [0.15, 0.2) is 0 Å². The molecule has 0 spiro atoms. The first-order chi connectivity index (χ1) is 10.6. The molecule has 0 radical (unpaired) electrons. The van der Waals surface area contributed by atoms with Crippen molar-refractivity contribution in [3.05, 3.63) is 28.8 Å². The molecule has 2 aliphatic heterocycles. The van der Waals surface area contributed by atoms with Crippen LogP contribution in [0.1, 0.15) is 24.8 Å². The van der Waals surface area contributed by atoms with E-state index in [0.29, 0.717) is 25.0 Å². The maximum Gasteiger partial charge on any atom is 0.114 e. The van der Waals surface area contributed by atoms with Gasteiger partial charge >= 0.3 is 0 Å². The van der Waals surface area contributed by atoms with Crippen LogP contribution in [-0.2, 0) is 0 Å². The van der Waals surface area contributed by atoms with E-state index in [-0.39, 0.29) is 0 Å². The van der Waals surface area contributed by atoms with Gasteiger partial charge in [0.25, 0.3) is 0 Å². The molecule has 2 saturated heterocycles. The van der Waals surface area contributed by atoms with Gasteiger partial charge in [-0.1, -0.05) is 17.7 Å². The number of alkyl halides is 1. The predicted octanol–water partition coefficient (Wildman–Crippen LogP) is 2.91. The molecule has 1 aromatic rings. The average Bonchev–Trinajstić information content (AvgIpc) is 2.94. The van der Waals surface area contributed by atoms with E-state index in [1.807, 2.05) is 6.92 Å². The highest BCUT2D eigenvalue weighted by molar-refractivity contribution is 6.31. The summed E-state index contributed by atoms with van der Waals surface area (Å²) in [5, 5.41) is 7.66. The van der Waals surface area contributed by atoms with E-state index >= 15 is 0 Å². The normalized spacial score (nSPS) is 26.6. The van der Waals surface area contributed by atoms with Gasteiger partial charge in [-0.3, -0.25) is 0 Å². The topological polar surface area (TPSA) is 27.3 Å². The summed E-state index contributed by atoms with van der Waals surface area (Å²) in [6, 6.07) is 7.13. The lowest BCUT2D eigenvalue weighted by molar-refractivity contribution is 0.347. The van der Waals surface area contributed by atoms with Gasteiger partial charge in [0, 0.05) is 49.0 Å². The molecule has 0 bridgehead atoms. The van der Waals surface area contributed by atoms with Gasteiger partial charge in [-0.25, -0.2) is 4.39 Å². The molecule has 2 unspecified atom stereocenters. The molecule has 1 aromatic carbocycles. The molecule has 0 aromatic heterocycles. The summed E-state index contributed by atoms with van der Waals surface area (Å²) in [5.41, 5.74) is 2.34. The van der Waals surface area contributed by atoms with E-state index < -0.39 is 6.17 Å². The Balaban J connectivity index is 1.45. The molecule has 2 heterocycles. The second-order valence-corrected chi connectivity index (χ2v) is 6.95. The number of piperidine rings is 1. The highest BCUT2D eigenvalue weighted by Gasteiger charge is 2.25. The molecular formula is C17H25ClFN3. The Kier molecular flexibility index (Phi) is 5.21. The molecule has 3 nitrogen and oxygen atoms in total. The second-order valence-electron chi connectivity index (χ2n) is 6.54. The van der Waals surface area contributed by atoms with Crippen LogP contribution < -0.4 is 15.5 Å². The molecule has 2 atom stereocenters. The van der Waals surface area contributed by atoms with Crippen LogP contribution in [0, 0.1) is 6.92 Å². The molecule has 5 heteroatoms. The van der Waals surface area contributed by atoms with Crippen LogP contribution in [0.25, 0.3) is 0 Å². The summed E-state index contributed by atoms with van der Waals surface area (Å²) in [5.74, 6) is 0. The Morgan fingerprint density at radius 1 is 1.36 bits per heavy atom. The van der Waals surface area contributed by atoms with Crippen molar-refractivity contribution in [3.63, 3.8) is 0 Å². The largest absolute Gasteiger partial charge is 0.371 e. The van der Waals surface area contributed by atoms with E-state index in [2.05, 4.69) is 33.7 Å². The summed E-state index contributed by atoms with van der Waals surface area (Å²) in [7, 11) is 0. The SMILES string of the molecule is Cc1ccc(N2CCC(NCC3CC(F)CN3)CC2)cc1Cl. The van der Waals surface area contributed by atoms with Crippen LogP contribution in [0.4, 0.5) is 10.1 Å². The van der Waals surface area contributed by atoms with Crippen molar-refractivity contribution in [2.45, 2.75) is 44.4 Å². The van der Waals surface area contributed by atoms with Crippen molar-refractivity contribution in [2.75, 3.05) is 31.1 Å². The highest BCUT2D eigenvalue weighted by Crippen LogP contribution is 2.25. The first kappa shape index (κ1) is 16.0. The van der Waals surface area contributed by atoms with Crippen LogP contribution in [-0.4, -0.2) is 44.4 Å². The smallest absolute Gasteiger partial charge is 0.114 e. The molecule has 0 amide bonds. The number of rotatable bonds is 4. The molecule has 2 fully saturated rings. The van der Waals surface area contributed by atoms with Crippen molar-refractivity contribution in [1.82, 2.24) is 10.6 Å². The summed E-state index contributed by atoms with van der Waals surface area (Å²) in [4.78, 5) is 2.40. The number of nitrogens with zero attached hydrogens (tertiary/aromatic N) is 1. The standard InChI is InChI=1S/C17H25ClFN3/c1-12-2-3-16(9-17(12)18)22-6-4-14(5-7-22)21-11-15-8-13(19)10-20-15/h2-3,9,13-15,20-21H,4-8,10-11H2,1H3. The predicted molar refractivity (Wildman–Crippen MR) is 90.7 cm³/mol. The Morgan fingerprint density at radius 2 is 2.14 bits per heavy atom. The number of hydrogen-bond acceptors (Lipinski definition) is 3. The Labute approximate surface area is 137 Å². The molecular weight excluding hydrogens is 301 g/mol. The van der Waals surface area contributed by atoms with Gasteiger partial charge in [-0.15, -0.1) is 0 Å². The number of hydrogen-bond donors (Lipinski definition) is 2. The molecule has 2 aliphatic rings. The lowest BCUT2D eigenvalue weighted by atomic mass is 10.0. The Bertz CT molecular complexity index is 503. The zero-order chi connectivity index (χ0) is 15.5. The fourth-order valence-corrected chi connectivity index (χ4v) is 3.53. The molecule has 0 saturated carbocycles. The second kappa shape index (κ2) is 7.16. The molecule has 0 aliphatic carbocycles. The van der Waals surface area contributed by atoms with Gasteiger partial charge in [0.1, 0.15) is 6.17 Å². The molecule has 122 valence electrons. The van der Waals surface area contributed by atoms with Gasteiger partial charge in [0.2, 0.25) is 0 Å². The molecule has 3 rings (SSSR count). The van der Waals surface area contributed by atoms with Gasteiger partial charge in [0.05, 0.1) is 0 Å². The fourth-order valence-electron chi connectivity index (χ4n) is 3.35. The zero-order valence-corrected chi connectivity index (χ0v) is 13.9. The molecule has 22 heavy (non-hydrogen) atoms. The minimum absolute atomic E-state index is 0.295. The van der Waals surface area contributed by atoms with E-state index in [1.165, 1.54) is 5.69 Å². The van der Waals surface area contributed by atoms with Crippen LogP contribution in [0.5, 0.6) is 0 Å². The van der Waals surface area contributed by atoms with Crippen molar-refractivity contribution in [3.8, 4) is 0 Å². The van der Waals surface area contributed by atoms with E-state index in [4.69, 9.17) is 11.6 Å². The summed E-state index contributed by atoms with van der Waals surface area (Å²) in [6.07, 6.45) is 2.22. The Morgan fingerprint density at radius 3 is 2.77 bits per heavy atom. The minimum Gasteiger partial charge on any atom is -0.371 e. The summed E-state index contributed by atoms with van der Waals surface area (Å²) in [6.45, 7) is 5.50. The Hall–Kier alpha value is -0.840. The monoisotopic (exact) mass is 325 g/mol. The van der Waals surface area contributed by atoms with E-state index in [1.54, 1.807) is 0 Å². The fraction of sp³-hybridized carbons (Fsp3) is 0.647. The van der Waals surface area contributed by atoms with Crippen molar-refractivity contribution < 1.29 is 4.39 Å². The summed E-state index contributed by atoms with van der Waals surface area (Å²) >= 11 is 6.22. The lowest BCUT2D eigenvalue weighted by Crippen LogP contribution is -2.46. The van der Waals surface area contributed by atoms with Gasteiger partial charge in [-0.05, 0) is 43.9 Å². The van der Waals surface area contributed by atoms with E-state index in [9.17, 15) is 4.39 Å². The van der Waals surface area contributed by atoms with Crippen LogP contribution in [0.3, 0.4) is 0 Å². The number of aryl methyl sites for hydroxylation is 1. The van der Waals surface area contributed by atoms with Gasteiger partial charge in [-0.2, -0.15) is 0 Å². The third-order valence-corrected chi connectivity index (χ3v) is 5.24. The van der Waals surface area contributed by atoms with Crippen molar-refractivity contribution in [1.29, 1.82) is 0 Å². The third kappa shape index (κ3) is 3.92. The number of benzene rings is 1. The minimum atomic E-state index is -0.667. The van der Waals surface area contributed by atoms with Crippen molar-refractivity contribution in [2.24, 2.45) is 0 Å². The number of halogens is 2. The molecule has 2 N–H and O–H groups in total. The average molecular weight is 326 g/mol. The van der Waals surface area contributed by atoms with Crippen LogP contribution >= 0.6 is 11.6 Å². The van der Waals surface area contributed by atoms with Crippen LogP contribution in [0.15, 0.2) is 18.2 Å². The van der Waals surface area contributed by atoms with Crippen LogP contribution in [0.2, 0.25) is 5.02 Å². The first-order valence-electron chi connectivity index (χ1n) is 8.24. The quantitative estimate of drug-likeness (QED) is 0.891. The number of anilines is 1. The van der Waals surface area contributed by atoms with Gasteiger partial charge < -0.3 is 15.5 Å². The third-order valence-electron chi connectivity index (χ3n) is 4.84. The summed E-state index contributed by atoms with van der Waals surface area (Å²) < 4.78 is 13.1. The maximum absolute atomic E-state index is 13.1. The first-order valence-corrected chi connectivity index (χ1v) is 8.61.